The SMILES string of the molecule is C.CNCCN1CCOCC1. The van der Waals surface area contributed by atoms with Gasteiger partial charge in [0.15, 0.2) is 0 Å². The second-order valence-electron chi connectivity index (χ2n) is 2.56. The summed E-state index contributed by atoms with van der Waals surface area (Å²) in [5.41, 5.74) is 0. The van der Waals surface area contributed by atoms with Gasteiger partial charge in [-0.2, -0.15) is 0 Å². The Bertz CT molecular complexity index is 82.2. The highest BCUT2D eigenvalue weighted by Crippen LogP contribution is 1.94. The van der Waals surface area contributed by atoms with E-state index >= 15 is 0 Å². The van der Waals surface area contributed by atoms with Crippen LogP contribution in [0.1, 0.15) is 7.43 Å². The monoisotopic (exact) mass is 160 g/mol. The van der Waals surface area contributed by atoms with E-state index in [0.717, 1.165) is 39.4 Å². The highest BCUT2D eigenvalue weighted by atomic mass is 16.5. The summed E-state index contributed by atoms with van der Waals surface area (Å²) in [5, 5.41) is 3.13. The molecule has 0 bridgehead atoms. The van der Waals surface area contributed by atoms with Gasteiger partial charge in [0.05, 0.1) is 13.2 Å². The Kier molecular flexibility index (Phi) is 6.51. The number of nitrogens with one attached hydrogen (secondary N) is 1. The predicted molar refractivity (Wildman–Crippen MR) is 47.9 cm³/mol. The van der Waals surface area contributed by atoms with E-state index in [4.69, 9.17) is 4.74 Å². The molecule has 0 aromatic carbocycles. The van der Waals surface area contributed by atoms with Gasteiger partial charge < -0.3 is 10.1 Å². The molecule has 3 nitrogen and oxygen atoms in total. The lowest BCUT2D eigenvalue weighted by molar-refractivity contribution is 0.0386. The lowest BCUT2D eigenvalue weighted by atomic mass is 10.4. The minimum absolute atomic E-state index is 0. The molecule has 1 heterocycles. The van der Waals surface area contributed by atoms with Crippen molar-refractivity contribution in [1.29, 1.82) is 0 Å². The number of morpholine rings is 1. The van der Waals surface area contributed by atoms with Gasteiger partial charge in [-0.3, -0.25) is 4.90 Å². The quantitative estimate of drug-likeness (QED) is 0.637. The fourth-order valence-corrected chi connectivity index (χ4v) is 1.09. The zero-order valence-electron chi connectivity index (χ0n) is 6.60. The molecule has 1 fully saturated rings. The standard InChI is InChI=1S/C7H16N2O.CH4/c1-8-2-3-9-4-6-10-7-5-9;/h8H,2-7H2,1H3;1H4. The third kappa shape index (κ3) is 4.35. The summed E-state index contributed by atoms with van der Waals surface area (Å²) in [4.78, 5) is 2.42. The number of hydrogen-bond donors (Lipinski definition) is 1. The van der Waals surface area contributed by atoms with E-state index in [1.54, 1.807) is 0 Å². The van der Waals surface area contributed by atoms with Gasteiger partial charge in [0, 0.05) is 26.2 Å². The Morgan fingerprint density at radius 2 is 2.00 bits per heavy atom. The Morgan fingerprint density at radius 3 is 2.55 bits per heavy atom. The van der Waals surface area contributed by atoms with E-state index < -0.39 is 0 Å². The summed E-state index contributed by atoms with van der Waals surface area (Å²) < 4.78 is 5.22. The van der Waals surface area contributed by atoms with Crippen molar-refractivity contribution in [3.63, 3.8) is 0 Å². The molecule has 0 radical (unpaired) electrons. The molecule has 0 aromatic rings. The molecule has 11 heavy (non-hydrogen) atoms. The number of ether oxygens (including phenoxy) is 1. The smallest absolute Gasteiger partial charge is 0.0594 e. The lowest BCUT2D eigenvalue weighted by Gasteiger charge is -2.26. The highest BCUT2D eigenvalue weighted by Gasteiger charge is 2.07. The molecule has 1 saturated heterocycles. The zero-order chi connectivity index (χ0) is 7.23. The van der Waals surface area contributed by atoms with Gasteiger partial charge in [0.1, 0.15) is 0 Å². The Labute approximate surface area is 69.7 Å². The third-order valence-corrected chi connectivity index (χ3v) is 1.78. The van der Waals surface area contributed by atoms with Gasteiger partial charge in [0.25, 0.3) is 0 Å². The largest absolute Gasteiger partial charge is 0.379 e. The maximum absolute atomic E-state index is 5.22. The molecule has 0 aliphatic carbocycles. The Hall–Kier alpha value is -0.120. The van der Waals surface area contributed by atoms with Gasteiger partial charge in [-0.05, 0) is 7.05 Å². The van der Waals surface area contributed by atoms with Crippen molar-refractivity contribution >= 4 is 0 Å². The molecule has 0 spiro atoms. The van der Waals surface area contributed by atoms with E-state index in [2.05, 4.69) is 10.2 Å². The molecule has 1 aliphatic rings. The van der Waals surface area contributed by atoms with E-state index in [9.17, 15) is 0 Å². The molecule has 0 amide bonds. The molecule has 3 heteroatoms. The molecular weight excluding hydrogens is 140 g/mol. The first-order valence-corrected chi connectivity index (χ1v) is 3.88. The van der Waals surface area contributed by atoms with Crippen molar-refractivity contribution in [1.82, 2.24) is 10.2 Å². The summed E-state index contributed by atoms with van der Waals surface area (Å²) in [6.07, 6.45) is 0. The summed E-state index contributed by atoms with van der Waals surface area (Å²) in [5.74, 6) is 0. The van der Waals surface area contributed by atoms with Gasteiger partial charge >= 0.3 is 0 Å². The lowest BCUT2D eigenvalue weighted by Crippen LogP contribution is -2.39. The molecule has 0 atom stereocenters. The van der Waals surface area contributed by atoms with Crippen molar-refractivity contribution in [2.45, 2.75) is 7.43 Å². The number of rotatable bonds is 3. The van der Waals surface area contributed by atoms with Crippen LogP contribution in [0.3, 0.4) is 0 Å². The number of nitrogens with zero attached hydrogens (tertiary/aromatic N) is 1. The van der Waals surface area contributed by atoms with Gasteiger partial charge in [-0.1, -0.05) is 7.43 Å². The van der Waals surface area contributed by atoms with Crippen LogP contribution in [-0.2, 0) is 4.74 Å². The van der Waals surface area contributed by atoms with Crippen LogP contribution in [0.5, 0.6) is 0 Å². The van der Waals surface area contributed by atoms with Crippen LogP contribution in [0.4, 0.5) is 0 Å². The molecule has 1 aliphatic heterocycles. The Morgan fingerprint density at radius 1 is 1.36 bits per heavy atom. The first-order valence-electron chi connectivity index (χ1n) is 3.88. The molecule has 68 valence electrons. The molecule has 1 N–H and O–H groups in total. The third-order valence-electron chi connectivity index (χ3n) is 1.78. The van der Waals surface area contributed by atoms with E-state index in [1.165, 1.54) is 0 Å². The molecule has 1 rings (SSSR count). The minimum Gasteiger partial charge on any atom is -0.379 e. The molecule has 0 unspecified atom stereocenters. The normalized spacial score (nSPS) is 19.4. The summed E-state index contributed by atoms with van der Waals surface area (Å²) in [7, 11) is 1.99. The molecular formula is C8H20N2O. The Balaban J connectivity index is 0.000001000. The minimum atomic E-state index is 0. The van der Waals surface area contributed by atoms with Crippen molar-refractivity contribution < 1.29 is 4.74 Å². The van der Waals surface area contributed by atoms with E-state index in [0.29, 0.717) is 0 Å². The summed E-state index contributed by atoms with van der Waals surface area (Å²) in [6.45, 7) is 6.25. The van der Waals surface area contributed by atoms with E-state index in [1.807, 2.05) is 7.05 Å². The van der Waals surface area contributed by atoms with Gasteiger partial charge in [-0.25, -0.2) is 0 Å². The molecule has 0 aromatic heterocycles. The first kappa shape index (κ1) is 10.9. The summed E-state index contributed by atoms with van der Waals surface area (Å²) in [6, 6.07) is 0. The average Bonchev–Trinajstić information content (AvgIpc) is 2.03. The summed E-state index contributed by atoms with van der Waals surface area (Å²) >= 11 is 0. The van der Waals surface area contributed by atoms with E-state index in [-0.39, 0.29) is 7.43 Å². The predicted octanol–water partition coefficient (Wildman–Crippen LogP) is 0.174. The fraction of sp³-hybridized carbons (Fsp3) is 1.00. The van der Waals surface area contributed by atoms with Gasteiger partial charge in [-0.15, -0.1) is 0 Å². The second kappa shape index (κ2) is 6.58. The maximum Gasteiger partial charge on any atom is 0.0594 e. The number of hydrogen-bond acceptors (Lipinski definition) is 3. The van der Waals surface area contributed by atoms with Crippen LogP contribution in [-0.4, -0.2) is 51.3 Å². The zero-order valence-corrected chi connectivity index (χ0v) is 6.60. The topological polar surface area (TPSA) is 24.5 Å². The van der Waals surface area contributed by atoms with Crippen LogP contribution in [0, 0.1) is 0 Å². The van der Waals surface area contributed by atoms with Crippen LogP contribution in [0.2, 0.25) is 0 Å². The fourth-order valence-electron chi connectivity index (χ4n) is 1.09. The van der Waals surface area contributed by atoms with Crippen molar-refractivity contribution in [3.8, 4) is 0 Å². The van der Waals surface area contributed by atoms with Crippen LogP contribution < -0.4 is 5.32 Å². The van der Waals surface area contributed by atoms with Crippen molar-refractivity contribution in [2.75, 3.05) is 46.4 Å². The second-order valence-corrected chi connectivity index (χ2v) is 2.56. The van der Waals surface area contributed by atoms with Crippen LogP contribution >= 0.6 is 0 Å². The average molecular weight is 160 g/mol. The first-order chi connectivity index (χ1) is 4.93. The number of likely N-dealkylation sites (N-methyl/N-ethyl adjacent to an activating group) is 1. The van der Waals surface area contributed by atoms with Crippen molar-refractivity contribution in [3.05, 3.63) is 0 Å². The van der Waals surface area contributed by atoms with Crippen LogP contribution in [0.15, 0.2) is 0 Å². The maximum atomic E-state index is 5.22. The van der Waals surface area contributed by atoms with Gasteiger partial charge in [0.2, 0.25) is 0 Å². The molecule has 0 saturated carbocycles. The highest BCUT2D eigenvalue weighted by molar-refractivity contribution is 4.61. The van der Waals surface area contributed by atoms with Crippen molar-refractivity contribution in [2.24, 2.45) is 0 Å². The van der Waals surface area contributed by atoms with Crippen LogP contribution in [0.25, 0.3) is 0 Å².